The monoisotopic (exact) mass is 393 g/mol. The second-order valence-electron chi connectivity index (χ2n) is 6.77. The first-order chi connectivity index (χ1) is 14.1. The summed E-state index contributed by atoms with van der Waals surface area (Å²) in [4.78, 5) is 35.4. The minimum absolute atomic E-state index is 0.0463. The summed E-state index contributed by atoms with van der Waals surface area (Å²) in [7, 11) is 1.31. The normalized spacial score (nSPS) is 15.4. The zero-order valence-electron chi connectivity index (χ0n) is 16.2. The number of methoxy groups -OCH3 is 1. The Labute approximate surface area is 169 Å². The summed E-state index contributed by atoms with van der Waals surface area (Å²) in [5, 5.41) is 2.94. The van der Waals surface area contributed by atoms with Crippen LogP contribution in [-0.4, -0.2) is 31.6 Å². The average molecular weight is 393 g/mol. The van der Waals surface area contributed by atoms with E-state index in [0.717, 1.165) is 30.4 Å². The Balaban J connectivity index is 1.47. The Morgan fingerprint density at radius 2 is 1.86 bits per heavy atom. The zero-order valence-corrected chi connectivity index (χ0v) is 16.2. The van der Waals surface area contributed by atoms with Crippen LogP contribution in [0.1, 0.15) is 45.9 Å². The van der Waals surface area contributed by atoms with E-state index >= 15 is 0 Å². The van der Waals surface area contributed by atoms with Crippen LogP contribution in [0, 0.1) is 0 Å². The number of esters is 2. The first-order valence-electron chi connectivity index (χ1n) is 9.47. The molecule has 150 valence electrons. The van der Waals surface area contributed by atoms with Gasteiger partial charge < -0.3 is 14.8 Å². The molecule has 0 unspecified atom stereocenters. The lowest BCUT2D eigenvalue weighted by atomic mass is 9.88. The van der Waals surface area contributed by atoms with Crippen LogP contribution in [0.2, 0.25) is 0 Å². The lowest BCUT2D eigenvalue weighted by Crippen LogP contribution is -2.34. The van der Waals surface area contributed by atoms with Crippen molar-refractivity contribution in [2.24, 2.45) is 0 Å². The van der Waals surface area contributed by atoms with Gasteiger partial charge in [0.1, 0.15) is 0 Å². The van der Waals surface area contributed by atoms with Crippen molar-refractivity contribution < 1.29 is 23.9 Å². The lowest BCUT2D eigenvalue weighted by Gasteiger charge is -2.26. The molecule has 0 fully saturated rings. The fourth-order valence-corrected chi connectivity index (χ4v) is 3.34. The van der Waals surface area contributed by atoms with Crippen molar-refractivity contribution >= 4 is 23.9 Å². The van der Waals surface area contributed by atoms with Gasteiger partial charge in [-0.05, 0) is 54.2 Å². The smallest absolute Gasteiger partial charge is 0.337 e. The Morgan fingerprint density at radius 1 is 1.10 bits per heavy atom. The van der Waals surface area contributed by atoms with E-state index in [1.807, 2.05) is 18.2 Å². The molecule has 0 aromatic heterocycles. The molecule has 1 amide bonds. The van der Waals surface area contributed by atoms with Gasteiger partial charge >= 0.3 is 11.9 Å². The first-order valence-corrected chi connectivity index (χ1v) is 9.47. The van der Waals surface area contributed by atoms with E-state index < -0.39 is 11.9 Å². The molecule has 6 heteroatoms. The SMILES string of the molecule is COC(=O)c1ccc(/C=C/C(=O)OCC(=O)N[C@H]2CCCc3ccccc32)cc1. The van der Waals surface area contributed by atoms with Gasteiger partial charge in [-0.25, -0.2) is 9.59 Å². The van der Waals surface area contributed by atoms with Crippen LogP contribution in [0.15, 0.2) is 54.6 Å². The summed E-state index contributed by atoms with van der Waals surface area (Å²) in [6, 6.07) is 14.6. The maximum absolute atomic E-state index is 12.2. The van der Waals surface area contributed by atoms with E-state index in [9.17, 15) is 14.4 Å². The number of hydrogen-bond acceptors (Lipinski definition) is 5. The summed E-state index contributed by atoms with van der Waals surface area (Å²) >= 11 is 0. The van der Waals surface area contributed by atoms with Gasteiger partial charge in [-0.2, -0.15) is 0 Å². The number of hydrogen-bond donors (Lipinski definition) is 1. The van der Waals surface area contributed by atoms with Gasteiger partial charge in [0.25, 0.3) is 5.91 Å². The van der Waals surface area contributed by atoms with Crippen LogP contribution in [0.3, 0.4) is 0 Å². The van der Waals surface area contributed by atoms with Crippen molar-refractivity contribution in [3.63, 3.8) is 0 Å². The van der Waals surface area contributed by atoms with Gasteiger partial charge in [0.2, 0.25) is 0 Å². The number of benzene rings is 2. The van der Waals surface area contributed by atoms with Crippen LogP contribution >= 0.6 is 0 Å². The highest BCUT2D eigenvalue weighted by atomic mass is 16.5. The highest BCUT2D eigenvalue weighted by Crippen LogP contribution is 2.29. The van der Waals surface area contributed by atoms with Crippen LogP contribution < -0.4 is 5.32 Å². The lowest BCUT2D eigenvalue weighted by molar-refractivity contribution is -0.144. The van der Waals surface area contributed by atoms with E-state index in [-0.39, 0.29) is 18.6 Å². The molecule has 0 bridgehead atoms. The fraction of sp³-hybridized carbons (Fsp3) is 0.261. The summed E-state index contributed by atoms with van der Waals surface area (Å²) < 4.78 is 9.66. The molecule has 0 saturated carbocycles. The van der Waals surface area contributed by atoms with Crippen molar-refractivity contribution in [3.8, 4) is 0 Å². The van der Waals surface area contributed by atoms with Crippen LogP contribution in [0.25, 0.3) is 6.08 Å². The van der Waals surface area contributed by atoms with Crippen molar-refractivity contribution in [2.75, 3.05) is 13.7 Å². The minimum Gasteiger partial charge on any atom is -0.465 e. The van der Waals surface area contributed by atoms with Crippen LogP contribution in [-0.2, 0) is 25.5 Å². The van der Waals surface area contributed by atoms with E-state index in [4.69, 9.17) is 4.74 Å². The van der Waals surface area contributed by atoms with Gasteiger partial charge in [0.05, 0.1) is 18.7 Å². The number of rotatable bonds is 6. The van der Waals surface area contributed by atoms with Gasteiger partial charge in [-0.3, -0.25) is 4.79 Å². The molecule has 1 aliphatic rings. The summed E-state index contributed by atoms with van der Waals surface area (Å²) in [5.74, 6) is -1.36. The average Bonchev–Trinajstić information content (AvgIpc) is 2.76. The molecule has 0 saturated heterocycles. The molecule has 0 aliphatic heterocycles. The molecule has 0 radical (unpaired) electrons. The standard InChI is InChI=1S/C23H23NO5/c1-28-23(27)18-12-9-16(10-13-18)11-14-22(26)29-15-21(25)24-20-8-4-6-17-5-2-3-7-19(17)20/h2-3,5,7,9-14,20H,4,6,8,15H2,1H3,(H,24,25)/b14-11+/t20-/m0/s1. The van der Waals surface area contributed by atoms with E-state index in [1.165, 1.54) is 18.7 Å². The number of nitrogens with one attached hydrogen (secondary N) is 1. The van der Waals surface area contributed by atoms with E-state index in [2.05, 4.69) is 16.1 Å². The number of carbonyl (C=O) groups is 3. The van der Waals surface area contributed by atoms with Crippen molar-refractivity contribution in [1.82, 2.24) is 5.32 Å². The predicted molar refractivity (Wildman–Crippen MR) is 108 cm³/mol. The molecule has 0 spiro atoms. The molecule has 3 rings (SSSR count). The molecular formula is C23H23NO5. The molecule has 2 aromatic carbocycles. The Morgan fingerprint density at radius 3 is 2.62 bits per heavy atom. The first kappa shape index (κ1) is 20.3. The van der Waals surface area contributed by atoms with Gasteiger partial charge in [0, 0.05) is 6.08 Å². The Hall–Kier alpha value is -3.41. The second kappa shape index (κ2) is 9.68. The van der Waals surface area contributed by atoms with Gasteiger partial charge in [0.15, 0.2) is 6.61 Å². The highest BCUT2D eigenvalue weighted by Gasteiger charge is 2.21. The summed E-state index contributed by atoms with van der Waals surface area (Å²) in [5.41, 5.74) is 3.53. The molecule has 2 aromatic rings. The molecule has 29 heavy (non-hydrogen) atoms. The summed E-state index contributed by atoms with van der Waals surface area (Å²) in [6.45, 7) is -0.330. The molecular weight excluding hydrogens is 370 g/mol. The van der Waals surface area contributed by atoms with Crippen LogP contribution in [0.5, 0.6) is 0 Å². The van der Waals surface area contributed by atoms with Crippen molar-refractivity contribution in [2.45, 2.75) is 25.3 Å². The number of aryl methyl sites for hydroxylation is 1. The Bertz CT molecular complexity index is 917. The summed E-state index contributed by atoms with van der Waals surface area (Å²) in [6.07, 6.45) is 5.70. The van der Waals surface area contributed by atoms with Crippen LogP contribution in [0.4, 0.5) is 0 Å². The third-order valence-electron chi connectivity index (χ3n) is 4.79. The minimum atomic E-state index is -0.610. The zero-order chi connectivity index (χ0) is 20.6. The number of ether oxygens (including phenoxy) is 2. The number of carbonyl (C=O) groups excluding carboxylic acids is 3. The molecule has 1 atom stereocenters. The third-order valence-corrected chi connectivity index (χ3v) is 4.79. The fourth-order valence-electron chi connectivity index (χ4n) is 3.34. The maximum Gasteiger partial charge on any atom is 0.337 e. The maximum atomic E-state index is 12.2. The largest absolute Gasteiger partial charge is 0.465 e. The quantitative estimate of drug-likeness (QED) is 0.602. The van der Waals surface area contributed by atoms with Crippen molar-refractivity contribution in [1.29, 1.82) is 0 Å². The number of fused-ring (bicyclic) bond motifs is 1. The topological polar surface area (TPSA) is 81.7 Å². The molecule has 6 nitrogen and oxygen atoms in total. The van der Waals surface area contributed by atoms with E-state index in [0.29, 0.717) is 5.56 Å². The number of amides is 1. The van der Waals surface area contributed by atoms with Gasteiger partial charge in [-0.15, -0.1) is 0 Å². The second-order valence-corrected chi connectivity index (χ2v) is 6.77. The highest BCUT2D eigenvalue weighted by molar-refractivity contribution is 5.91. The molecule has 0 heterocycles. The third kappa shape index (κ3) is 5.54. The predicted octanol–water partition coefficient (Wildman–Crippen LogP) is 3.22. The van der Waals surface area contributed by atoms with Crippen molar-refractivity contribution in [3.05, 3.63) is 76.9 Å². The molecule has 1 N–H and O–H groups in total. The van der Waals surface area contributed by atoms with E-state index in [1.54, 1.807) is 30.3 Å². The van der Waals surface area contributed by atoms with Gasteiger partial charge in [-0.1, -0.05) is 36.4 Å². The Kier molecular flexibility index (Phi) is 6.79. The molecule has 1 aliphatic carbocycles.